The molecule has 1 atom stereocenters. The molecule has 2 heterocycles. The summed E-state index contributed by atoms with van der Waals surface area (Å²) in [6.07, 6.45) is 4.80. The van der Waals surface area contributed by atoms with Crippen LogP contribution in [0.25, 0.3) is 0 Å². The van der Waals surface area contributed by atoms with Gasteiger partial charge in [0.1, 0.15) is 11.5 Å². The fourth-order valence-electron chi connectivity index (χ4n) is 3.69. The van der Waals surface area contributed by atoms with Crippen LogP contribution in [-0.2, 0) is 9.59 Å². The van der Waals surface area contributed by atoms with Gasteiger partial charge in [0.2, 0.25) is 0 Å². The van der Waals surface area contributed by atoms with Crippen LogP contribution >= 0.6 is 11.3 Å². The smallest absolute Gasteiger partial charge is 0.313 e. The normalized spacial score (nSPS) is 15.7. The lowest BCUT2D eigenvalue weighted by atomic mass is 10.1. The van der Waals surface area contributed by atoms with Gasteiger partial charge in [-0.15, -0.1) is 0 Å². The quantitative estimate of drug-likeness (QED) is 0.657. The number of thiophene rings is 1. The van der Waals surface area contributed by atoms with Crippen LogP contribution in [0.4, 0.5) is 5.69 Å². The first-order valence-electron chi connectivity index (χ1n) is 10.2. The monoisotopic (exact) mass is 431 g/mol. The number of benzene rings is 1. The molecule has 30 heavy (non-hydrogen) atoms. The largest absolute Gasteiger partial charge is 0.497 e. The molecule has 0 unspecified atom stereocenters. The van der Waals surface area contributed by atoms with Crippen LogP contribution in [0.5, 0.6) is 11.5 Å². The van der Waals surface area contributed by atoms with Gasteiger partial charge >= 0.3 is 11.8 Å². The van der Waals surface area contributed by atoms with E-state index in [1.165, 1.54) is 32.6 Å². The van der Waals surface area contributed by atoms with E-state index in [2.05, 4.69) is 27.0 Å². The topological polar surface area (TPSA) is 79.9 Å². The third-order valence-electron chi connectivity index (χ3n) is 5.33. The second-order valence-corrected chi connectivity index (χ2v) is 8.03. The standard InChI is InChI=1S/C22H29N3O4S/c1-28-17-7-8-20(29-2)18(13-17)24-22(27)21(26)23-14-19(16-9-12-30-15-16)25-10-5-3-4-6-11-25/h7-9,12-13,15,19H,3-6,10-11,14H2,1-2H3,(H,23,26)(H,24,27)/t19-/m1/s1. The predicted octanol–water partition coefficient (Wildman–Crippen LogP) is 3.44. The number of methoxy groups -OCH3 is 2. The van der Waals surface area contributed by atoms with Crippen LogP contribution in [0.3, 0.4) is 0 Å². The second kappa shape index (κ2) is 11.0. The number of carbonyl (C=O) groups is 2. The summed E-state index contributed by atoms with van der Waals surface area (Å²) in [4.78, 5) is 27.4. The van der Waals surface area contributed by atoms with Gasteiger partial charge in [0.05, 0.1) is 25.9 Å². The van der Waals surface area contributed by atoms with Crippen molar-refractivity contribution in [1.82, 2.24) is 10.2 Å². The highest BCUT2D eigenvalue weighted by Gasteiger charge is 2.24. The molecule has 1 fully saturated rings. The van der Waals surface area contributed by atoms with E-state index >= 15 is 0 Å². The molecule has 2 N–H and O–H groups in total. The fraction of sp³-hybridized carbons (Fsp3) is 0.455. The Hall–Kier alpha value is -2.58. The summed E-state index contributed by atoms with van der Waals surface area (Å²) in [6, 6.07) is 7.18. The van der Waals surface area contributed by atoms with Crippen molar-refractivity contribution in [3.8, 4) is 11.5 Å². The Balaban J connectivity index is 1.64. The third-order valence-corrected chi connectivity index (χ3v) is 6.03. The summed E-state index contributed by atoms with van der Waals surface area (Å²) < 4.78 is 10.4. The van der Waals surface area contributed by atoms with Gasteiger partial charge in [-0.3, -0.25) is 14.5 Å². The Kier molecular flexibility index (Phi) is 8.10. The Bertz CT molecular complexity index is 833. The highest BCUT2D eigenvalue weighted by molar-refractivity contribution is 7.08. The average Bonchev–Trinajstić information content (AvgIpc) is 3.16. The molecular formula is C22H29N3O4S. The minimum absolute atomic E-state index is 0.0671. The summed E-state index contributed by atoms with van der Waals surface area (Å²) in [5.74, 6) is -0.390. The lowest BCUT2D eigenvalue weighted by Gasteiger charge is -2.30. The summed E-state index contributed by atoms with van der Waals surface area (Å²) in [5, 5.41) is 9.59. The number of nitrogens with zero attached hydrogens (tertiary/aromatic N) is 1. The van der Waals surface area contributed by atoms with Crippen molar-refractivity contribution in [3.63, 3.8) is 0 Å². The van der Waals surface area contributed by atoms with Crippen molar-refractivity contribution in [2.45, 2.75) is 31.7 Å². The van der Waals surface area contributed by atoms with E-state index in [9.17, 15) is 9.59 Å². The zero-order chi connectivity index (χ0) is 21.3. The SMILES string of the molecule is COc1ccc(OC)c(NC(=O)C(=O)NC[C@H](c2ccsc2)N2CCCCCC2)c1. The maximum atomic E-state index is 12.5. The number of nitrogens with one attached hydrogen (secondary N) is 2. The predicted molar refractivity (Wildman–Crippen MR) is 118 cm³/mol. The van der Waals surface area contributed by atoms with Gasteiger partial charge in [0, 0.05) is 12.6 Å². The summed E-state index contributed by atoms with van der Waals surface area (Å²) >= 11 is 1.64. The highest BCUT2D eigenvalue weighted by Crippen LogP contribution is 2.29. The first-order chi connectivity index (χ1) is 14.6. The van der Waals surface area contributed by atoms with Crippen LogP contribution < -0.4 is 20.1 Å². The van der Waals surface area contributed by atoms with Crippen LogP contribution in [-0.4, -0.2) is 50.6 Å². The zero-order valence-corrected chi connectivity index (χ0v) is 18.3. The van der Waals surface area contributed by atoms with E-state index in [1.54, 1.807) is 29.5 Å². The lowest BCUT2D eigenvalue weighted by Crippen LogP contribution is -2.42. The fourth-order valence-corrected chi connectivity index (χ4v) is 4.40. The Morgan fingerprint density at radius 2 is 1.83 bits per heavy atom. The molecule has 1 aliphatic rings. The minimum Gasteiger partial charge on any atom is -0.497 e. The van der Waals surface area contributed by atoms with Crippen molar-refractivity contribution in [1.29, 1.82) is 0 Å². The molecule has 7 nitrogen and oxygen atoms in total. The Labute approximate surface area is 181 Å². The van der Waals surface area contributed by atoms with Crippen molar-refractivity contribution in [2.24, 2.45) is 0 Å². The number of ether oxygens (including phenoxy) is 2. The van der Waals surface area contributed by atoms with Crippen LogP contribution in [0.15, 0.2) is 35.0 Å². The zero-order valence-electron chi connectivity index (χ0n) is 17.5. The van der Waals surface area contributed by atoms with E-state index < -0.39 is 11.8 Å². The van der Waals surface area contributed by atoms with Gasteiger partial charge in [-0.25, -0.2) is 0 Å². The summed E-state index contributed by atoms with van der Waals surface area (Å²) in [6.45, 7) is 2.39. The molecule has 2 amide bonds. The van der Waals surface area contributed by atoms with Crippen molar-refractivity contribution < 1.29 is 19.1 Å². The number of anilines is 1. The van der Waals surface area contributed by atoms with E-state index in [1.807, 2.05) is 5.38 Å². The van der Waals surface area contributed by atoms with E-state index in [0.717, 1.165) is 25.9 Å². The number of amides is 2. The average molecular weight is 432 g/mol. The summed E-state index contributed by atoms with van der Waals surface area (Å²) in [5.41, 5.74) is 1.57. The second-order valence-electron chi connectivity index (χ2n) is 7.25. The molecule has 1 aliphatic heterocycles. The molecule has 8 heteroatoms. The minimum atomic E-state index is -0.735. The molecule has 0 radical (unpaired) electrons. The van der Waals surface area contributed by atoms with Crippen LogP contribution in [0.1, 0.15) is 37.3 Å². The maximum absolute atomic E-state index is 12.5. The molecule has 0 aliphatic carbocycles. The van der Waals surface area contributed by atoms with Gasteiger partial charge in [-0.2, -0.15) is 11.3 Å². The molecule has 3 rings (SSSR count). The molecule has 0 saturated carbocycles. The highest BCUT2D eigenvalue weighted by atomic mass is 32.1. The molecule has 1 saturated heterocycles. The molecular weight excluding hydrogens is 402 g/mol. The lowest BCUT2D eigenvalue weighted by molar-refractivity contribution is -0.136. The number of rotatable bonds is 7. The Morgan fingerprint density at radius 3 is 2.47 bits per heavy atom. The first kappa shape index (κ1) is 22.1. The molecule has 0 spiro atoms. The number of carbonyl (C=O) groups excluding carboxylic acids is 2. The summed E-state index contributed by atoms with van der Waals surface area (Å²) in [7, 11) is 3.04. The number of hydrogen-bond donors (Lipinski definition) is 2. The molecule has 2 aromatic rings. The van der Waals surface area contributed by atoms with Gasteiger partial charge < -0.3 is 20.1 Å². The first-order valence-corrected chi connectivity index (χ1v) is 11.1. The van der Waals surface area contributed by atoms with E-state index in [0.29, 0.717) is 23.7 Å². The third kappa shape index (κ3) is 5.73. The molecule has 1 aromatic carbocycles. The van der Waals surface area contributed by atoms with Crippen LogP contribution in [0.2, 0.25) is 0 Å². The van der Waals surface area contributed by atoms with E-state index in [-0.39, 0.29) is 6.04 Å². The molecule has 0 bridgehead atoms. The van der Waals surface area contributed by atoms with Crippen LogP contribution in [0, 0.1) is 0 Å². The van der Waals surface area contributed by atoms with Gasteiger partial charge in [0.25, 0.3) is 0 Å². The number of hydrogen-bond acceptors (Lipinski definition) is 6. The van der Waals surface area contributed by atoms with Crippen molar-refractivity contribution in [3.05, 3.63) is 40.6 Å². The van der Waals surface area contributed by atoms with Crippen molar-refractivity contribution in [2.75, 3.05) is 39.2 Å². The maximum Gasteiger partial charge on any atom is 0.313 e. The molecule has 162 valence electrons. The van der Waals surface area contributed by atoms with Crippen molar-refractivity contribution >= 4 is 28.8 Å². The molecule has 1 aromatic heterocycles. The Morgan fingerprint density at radius 1 is 1.07 bits per heavy atom. The van der Waals surface area contributed by atoms with Gasteiger partial charge in [-0.05, 0) is 60.5 Å². The van der Waals surface area contributed by atoms with Gasteiger partial charge in [-0.1, -0.05) is 12.8 Å². The number of likely N-dealkylation sites (tertiary alicyclic amines) is 1. The van der Waals surface area contributed by atoms with E-state index in [4.69, 9.17) is 9.47 Å². The van der Waals surface area contributed by atoms with Gasteiger partial charge in [0.15, 0.2) is 0 Å².